The summed E-state index contributed by atoms with van der Waals surface area (Å²) in [6, 6.07) is 0.998. The Balaban J connectivity index is 1.85. The number of aliphatic imine (C=N–C) groups is 1. The molecule has 0 spiro atoms. The minimum absolute atomic E-state index is 0.496. The van der Waals surface area contributed by atoms with Gasteiger partial charge in [0.2, 0.25) is 0 Å². The first-order valence-corrected chi connectivity index (χ1v) is 8.80. The predicted molar refractivity (Wildman–Crippen MR) is 92.3 cm³/mol. The molecule has 0 saturated carbocycles. The van der Waals surface area contributed by atoms with Gasteiger partial charge in [-0.05, 0) is 32.1 Å². The quantitative estimate of drug-likeness (QED) is 0.636. The van der Waals surface area contributed by atoms with Crippen molar-refractivity contribution in [1.82, 2.24) is 15.1 Å². The number of likely N-dealkylation sites (tertiary alicyclic amines) is 1. The van der Waals surface area contributed by atoms with E-state index < -0.39 is 0 Å². The third-order valence-electron chi connectivity index (χ3n) is 4.92. The van der Waals surface area contributed by atoms with Gasteiger partial charge < -0.3 is 15.0 Å². The van der Waals surface area contributed by atoms with E-state index in [9.17, 15) is 0 Å². The average Bonchev–Trinajstić information content (AvgIpc) is 2.47. The van der Waals surface area contributed by atoms with Gasteiger partial charge in [-0.2, -0.15) is 0 Å². The molecule has 2 saturated heterocycles. The van der Waals surface area contributed by atoms with E-state index >= 15 is 0 Å². The van der Waals surface area contributed by atoms with Gasteiger partial charge in [0.25, 0.3) is 0 Å². The maximum absolute atomic E-state index is 5.53. The van der Waals surface area contributed by atoms with Crippen LogP contribution in [0.3, 0.4) is 0 Å². The molecular formula is C17H34N4O. The number of guanidine groups is 1. The molecule has 5 heteroatoms. The average molecular weight is 310 g/mol. The van der Waals surface area contributed by atoms with Crippen LogP contribution in [0, 0.1) is 11.8 Å². The lowest BCUT2D eigenvalue weighted by atomic mass is 9.92. The van der Waals surface area contributed by atoms with Crippen LogP contribution in [-0.4, -0.2) is 74.3 Å². The maximum Gasteiger partial charge on any atom is 0.193 e. The summed E-state index contributed by atoms with van der Waals surface area (Å²) in [5.41, 5.74) is 0. The molecule has 128 valence electrons. The Labute approximate surface area is 136 Å². The first kappa shape index (κ1) is 17.5. The summed E-state index contributed by atoms with van der Waals surface area (Å²) in [6.07, 6.45) is 1.33. The fourth-order valence-corrected chi connectivity index (χ4v) is 3.92. The molecule has 2 aliphatic heterocycles. The highest BCUT2D eigenvalue weighted by Gasteiger charge is 2.26. The van der Waals surface area contributed by atoms with Crippen molar-refractivity contribution in [2.75, 3.05) is 46.4 Å². The maximum atomic E-state index is 5.53. The van der Waals surface area contributed by atoms with Gasteiger partial charge in [-0.1, -0.05) is 13.8 Å². The molecule has 4 unspecified atom stereocenters. The zero-order chi connectivity index (χ0) is 16.1. The summed E-state index contributed by atoms with van der Waals surface area (Å²) in [5, 5.41) is 3.59. The van der Waals surface area contributed by atoms with Crippen molar-refractivity contribution in [3.05, 3.63) is 0 Å². The number of ether oxygens (including phenoxy) is 1. The third-order valence-corrected chi connectivity index (χ3v) is 4.92. The van der Waals surface area contributed by atoms with Gasteiger partial charge >= 0.3 is 0 Å². The number of piperidine rings is 1. The molecule has 22 heavy (non-hydrogen) atoms. The van der Waals surface area contributed by atoms with Gasteiger partial charge in [-0.3, -0.25) is 9.89 Å². The smallest absolute Gasteiger partial charge is 0.193 e. The van der Waals surface area contributed by atoms with Crippen molar-refractivity contribution in [1.29, 1.82) is 0 Å². The highest BCUT2D eigenvalue weighted by atomic mass is 16.5. The predicted octanol–water partition coefficient (Wildman–Crippen LogP) is 1.65. The fourth-order valence-electron chi connectivity index (χ4n) is 3.92. The van der Waals surface area contributed by atoms with E-state index in [1.54, 1.807) is 0 Å². The Kier molecular flexibility index (Phi) is 6.50. The van der Waals surface area contributed by atoms with Crippen LogP contribution in [0.1, 0.15) is 34.1 Å². The molecular weight excluding hydrogens is 276 g/mol. The lowest BCUT2D eigenvalue weighted by molar-refractivity contribution is -0.0175. The first-order valence-electron chi connectivity index (χ1n) is 8.80. The molecule has 0 aromatic heterocycles. The zero-order valence-corrected chi connectivity index (χ0v) is 15.0. The third kappa shape index (κ3) is 4.59. The summed E-state index contributed by atoms with van der Waals surface area (Å²) in [6.45, 7) is 15.1. The van der Waals surface area contributed by atoms with Gasteiger partial charge in [0.05, 0.1) is 13.2 Å². The van der Waals surface area contributed by atoms with Crippen molar-refractivity contribution in [2.24, 2.45) is 16.8 Å². The largest absolute Gasteiger partial charge is 0.379 e. The second kappa shape index (κ2) is 8.16. The summed E-state index contributed by atoms with van der Waals surface area (Å²) in [5.74, 6) is 2.56. The molecule has 1 N–H and O–H groups in total. The van der Waals surface area contributed by atoms with Crippen LogP contribution in [0.4, 0.5) is 0 Å². The van der Waals surface area contributed by atoms with E-state index in [4.69, 9.17) is 4.74 Å². The number of hydrogen-bond donors (Lipinski definition) is 1. The molecule has 2 rings (SSSR count). The Hall–Kier alpha value is -0.810. The van der Waals surface area contributed by atoms with Crippen molar-refractivity contribution < 1.29 is 4.74 Å². The van der Waals surface area contributed by atoms with Crippen molar-refractivity contribution >= 4 is 5.96 Å². The number of nitrogens with one attached hydrogen (secondary N) is 1. The zero-order valence-electron chi connectivity index (χ0n) is 15.0. The summed E-state index contributed by atoms with van der Waals surface area (Å²) in [7, 11) is 1.90. The minimum atomic E-state index is 0.496. The second-order valence-electron chi connectivity index (χ2n) is 7.29. The minimum Gasteiger partial charge on any atom is -0.379 e. The van der Waals surface area contributed by atoms with Crippen molar-refractivity contribution in [2.45, 2.75) is 46.2 Å². The van der Waals surface area contributed by atoms with Gasteiger partial charge in [0.15, 0.2) is 5.96 Å². The highest BCUT2D eigenvalue weighted by molar-refractivity contribution is 5.80. The van der Waals surface area contributed by atoms with Crippen LogP contribution in [0.2, 0.25) is 0 Å². The molecule has 2 aliphatic rings. The van der Waals surface area contributed by atoms with E-state index in [-0.39, 0.29) is 0 Å². The molecule has 2 fully saturated rings. The Bertz CT molecular complexity index is 364. The Morgan fingerprint density at radius 3 is 2.55 bits per heavy atom. The molecule has 2 heterocycles. The van der Waals surface area contributed by atoms with Crippen LogP contribution in [-0.2, 0) is 4.74 Å². The standard InChI is InChI=1S/C17H34N4O/c1-13-8-14(2)11-20(10-13)17(18-5)19-9-15(3)21-6-7-22-12-16(21)4/h13-16H,6-12H2,1-5H3,(H,18,19). The van der Waals surface area contributed by atoms with Crippen LogP contribution in [0.25, 0.3) is 0 Å². The molecule has 0 aromatic rings. The molecule has 0 aromatic carbocycles. The molecule has 0 bridgehead atoms. The van der Waals surface area contributed by atoms with Crippen LogP contribution >= 0.6 is 0 Å². The summed E-state index contributed by atoms with van der Waals surface area (Å²) < 4.78 is 5.53. The van der Waals surface area contributed by atoms with Crippen molar-refractivity contribution in [3.63, 3.8) is 0 Å². The number of nitrogens with zero attached hydrogens (tertiary/aromatic N) is 3. The number of hydrogen-bond acceptors (Lipinski definition) is 3. The van der Waals surface area contributed by atoms with E-state index in [1.165, 1.54) is 6.42 Å². The number of morpholine rings is 1. The molecule has 5 nitrogen and oxygen atoms in total. The monoisotopic (exact) mass is 310 g/mol. The van der Waals surface area contributed by atoms with E-state index in [2.05, 4.69) is 47.8 Å². The second-order valence-corrected chi connectivity index (χ2v) is 7.29. The number of rotatable bonds is 3. The van der Waals surface area contributed by atoms with E-state index in [1.807, 2.05) is 7.05 Å². The van der Waals surface area contributed by atoms with Gasteiger partial charge in [0, 0.05) is 45.3 Å². The fraction of sp³-hybridized carbons (Fsp3) is 0.941. The Morgan fingerprint density at radius 1 is 1.27 bits per heavy atom. The molecule has 0 aliphatic carbocycles. The molecule has 4 atom stereocenters. The lowest BCUT2D eigenvalue weighted by Crippen LogP contribution is -2.54. The van der Waals surface area contributed by atoms with Crippen LogP contribution in [0.15, 0.2) is 4.99 Å². The molecule has 0 radical (unpaired) electrons. The van der Waals surface area contributed by atoms with Crippen LogP contribution < -0.4 is 5.32 Å². The SMILES string of the molecule is CN=C(NCC(C)N1CCOCC1C)N1CC(C)CC(C)C1. The van der Waals surface area contributed by atoms with E-state index in [0.717, 1.165) is 57.2 Å². The normalized spacial score (nSPS) is 32.9. The van der Waals surface area contributed by atoms with Crippen molar-refractivity contribution in [3.8, 4) is 0 Å². The van der Waals surface area contributed by atoms with Gasteiger partial charge in [-0.15, -0.1) is 0 Å². The first-order chi connectivity index (χ1) is 10.5. The van der Waals surface area contributed by atoms with Crippen LogP contribution in [0.5, 0.6) is 0 Å². The van der Waals surface area contributed by atoms with E-state index in [0.29, 0.717) is 12.1 Å². The van der Waals surface area contributed by atoms with Gasteiger partial charge in [-0.25, -0.2) is 0 Å². The topological polar surface area (TPSA) is 40.1 Å². The van der Waals surface area contributed by atoms with Gasteiger partial charge in [0.1, 0.15) is 0 Å². The molecule has 0 amide bonds. The summed E-state index contributed by atoms with van der Waals surface area (Å²) >= 11 is 0. The lowest BCUT2D eigenvalue weighted by Gasteiger charge is -2.40. The highest BCUT2D eigenvalue weighted by Crippen LogP contribution is 2.20. The Morgan fingerprint density at radius 2 is 1.95 bits per heavy atom. The summed E-state index contributed by atoms with van der Waals surface area (Å²) in [4.78, 5) is 9.46.